The molecule has 1 unspecified atom stereocenters. The average Bonchev–Trinajstić information content (AvgIpc) is 3.47. The van der Waals surface area contributed by atoms with Gasteiger partial charge in [-0.3, -0.25) is 9.59 Å². The van der Waals surface area contributed by atoms with Gasteiger partial charge in [0.05, 0.1) is 0 Å². The van der Waals surface area contributed by atoms with Crippen LogP contribution in [0.25, 0.3) is 0 Å². The molecular weight excluding hydrogens is 459 g/mol. The molecule has 2 saturated heterocycles. The Hall–Kier alpha value is -2.59. The summed E-state index contributed by atoms with van der Waals surface area (Å²) in [5.74, 6) is 0.140. The lowest BCUT2D eigenvalue weighted by Crippen LogP contribution is -2.47. The maximum Gasteiger partial charge on any atom is 0.263 e. The van der Waals surface area contributed by atoms with Crippen molar-refractivity contribution in [2.75, 3.05) is 31.1 Å². The number of halogens is 1. The van der Waals surface area contributed by atoms with Gasteiger partial charge in [-0.1, -0.05) is 13.8 Å². The minimum atomic E-state index is -0.722. The summed E-state index contributed by atoms with van der Waals surface area (Å²) in [4.78, 5) is 33.8. The number of piperidine rings is 1. The lowest BCUT2D eigenvalue weighted by molar-refractivity contribution is -0.135. The van der Waals surface area contributed by atoms with E-state index in [9.17, 15) is 14.0 Å². The second kappa shape index (κ2) is 10.8. The molecule has 10 heteroatoms. The van der Waals surface area contributed by atoms with Gasteiger partial charge < -0.3 is 19.6 Å². The first-order valence-electron chi connectivity index (χ1n) is 11.9. The standard InChI is InChI=1S/C24H31FN4O4S/c1-15(2)22-26-24(34-27-22)28-10-7-17(8-11-28)29-12-9-21(23(29)32)33-20-6-5-16(14-18(20)25)19(31)4-3-13-30/h5-6,14-15,17,21,30H,3-4,7-13H2,1-2H3. The van der Waals surface area contributed by atoms with Gasteiger partial charge in [0.1, 0.15) is 5.82 Å². The van der Waals surface area contributed by atoms with E-state index in [1.807, 2.05) is 4.90 Å². The molecule has 184 valence electrons. The minimum absolute atomic E-state index is 0.0223. The Labute approximate surface area is 202 Å². The molecule has 0 radical (unpaired) electrons. The van der Waals surface area contributed by atoms with Crippen LogP contribution < -0.4 is 9.64 Å². The first-order chi connectivity index (χ1) is 16.4. The highest BCUT2D eigenvalue weighted by molar-refractivity contribution is 7.09. The molecule has 4 rings (SSSR count). The fourth-order valence-corrected chi connectivity index (χ4v) is 5.27. The first kappa shape index (κ1) is 24.5. The zero-order valence-electron chi connectivity index (χ0n) is 19.6. The molecule has 0 aliphatic carbocycles. The van der Waals surface area contributed by atoms with Crippen molar-refractivity contribution in [3.8, 4) is 5.75 Å². The van der Waals surface area contributed by atoms with Crippen molar-refractivity contribution in [1.82, 2.24) is 14.3 Å². The van der Waals surface area contributed by atoms with Gasteiger partial charge in [-0.25, -0.2) is 9.37 Å². The largest absolute Gasteiger partial charge is 0.477 e. The number of ether oxygens (including phenoxy) is 1. The second-order valence-electron chi connectivity index (χ2n) is 9.13. The van der Waals surface area contributed by atoms with Crippen LogP contribution in [0.4, 0.5) is 9.52 Å². The van der Waals surface area contributed by atoms with Gasteiger partial charge in [-0.15, -0.1) is 0 Å². The van der Waals surface area contributed by atoms with Crippen molar-refractivity contribution in [3.05, 3.63) is 35.4 Å². The van der Waals surface area contributed by atoms with Gasteiger partial charge in [-0.2, -0.15) is 4.37 Å². The number of Topliss-reactive ketones (excluding diaryl/α,β-unsaturated/α-hetero) is 1. The Kier molecular flexibility index (Phi) is 7.77. The molecule has 2 fully saturated rings. The van der Waals surface area contributed by atoms with Crippen molar-refractivity contribution < 1.29 is 23.8 Å². The third-order valence-corrected chi connectivity index (χ3v) is 7.19. The summed E-state index contributed by atoms with van der Waals surface area (Å²) in [5.41, 5.74) is 0.236. The van der Waals surface area contributed by atoms with E-state index in [1.54, 1.807) is 0 Å². The second-order valence-corrected chi connectivity index (χ2v) is 9.86. The van der Waals surface area contributed by atoms with Crippen LogP contribution >= 0.6 is 11.5 Å². The van der Waals surface area contributed by atoms with Crippen LogP contribution in [0.15, 0.2) is 18.2 Å². The van der Waals surface area contributed by atoms with Crippen molar-refractivity contribution in [3.63, 3.8) is 0 Å². The molecule has 2 aliphatic rings. The van der Waals surface area contributed by atoms with Crippen LogP contribution in [0.3, 0.4) is 0 Å². The normalized spacial score (nSPS) is 19.3. The molecule has 0 bridgehead atoms. The molecule has 1 atom stereocenters. The van der Waals surface area contributed by atoms with Crippen LogP contribution in [0.2, 0.25) is 0 Å². The molecule has 2 aliphatic heterocycles. The predicted octanol–water partition coefficient (Wildman–Crippen LogP) is 3.40. The number of carbonyl (C=O) groups excluding carboxylic acids is 2. The molecule has 0 spiro atoms. The van der Waals surface area contributed by atoms with Crippen molar-refractivity contribution in [2.24, 2.45) is 0 Å². The number of hydrogen-bond acceptors (Lipinski definition) is 8. The SMILES string of the molecule is CC(C)c1nsc(N2CCC(N3CCC(Oc4ccc(C(=O)CCCO)cc4F)C3=O)CC2)n1. The fourth-order valence-electron chi connectivity index (χ4n) is 4.41. The highest BCUT2D eigenvalue weighted by Gasteiger charge is 2.39. The van der Waals surface area contributed by atoms with E-state index in [0.29, 0.717) is 25.3 Å². The number of nitrogens with zero attached hydrogens (tertiary/aromatic N) is 4. The van der Waals surface area contributed by atoms with E-state index in [4.69, 9.17) is 9.84 Å². The summed E-state index contributed by atoms with van der Waals surface area (Å²) in [6.07, 6.45) is 1.96. The molecule has 1 N–H and O–H groups in total. The number of benzene rings is 1. The predicted molar refractivity (Wildman–Crippen MR) is 127 cm³/mol. The van der Waals surface area contributed by atoms with Crippen molar-refractivity contribution >= 4 is 28.4 Å². The van der Waals surface area contributed by atoms with Crippen LogP contribution in [0.1, 0.15) is 68.1 Å². The van der Waals surface area contributed by atoms with Gasteiger partial charge in [0.15, 0.2) is 23.5 Å². The highest BCUT2D eigenvalue weighted by atomic mass is 32.1. The van der Waals surface area contributed by atoms with Gasteiger partial charge in [0.25, 0.3) is 5.91 Å². The van der Waals surface area contributed by atoms with Gasteiger partial charge in [0.2, 0.25) is 5.13 Å². The quantitative estimate of drug-likeness (QED) is 0.538. The Bertz CT molecular complexity index is 1020. The van der Waals surface area contributed by atoms with Crippen molar-refractivity contribution in [2.45, 2.75) is 64.0 Å². The number of amides is 1. The monoisotopic (exact) mass is 490 g/mol. The lowest BCUT2D eigenvalue weighted by Gasteiger charge is -2.36. The van der Waals surface area contributed by atoms with Crippen LogP contribution in [0.5, 0.6) is 5.75 Å². The number of aliphatic hydroxyl groups excluding tert-OH is 1. The maximum atomic E-state index is 14.6. The molecule has 2 aromatic rings. The third kappa shape index (κ3) is 5.38. The summed E-state index contributed by atoms with van der Waals surface area (Å²) < 4.78 is 24.7. The molecule has 8 nitrogen and oxygen atoms in total. The molecule has 3 heterocycles. The van der Waals surface area contributed by atoms with E-state index in [0.717, 1.165) is 43.0 Å². The number of rotatable bonds is 9. The minimum Gasteiger partial charge on any atom is -0.477 e. The third-order valence-electron chi connectivity index (χ3n) is 6.40. The highest BCUT2D eigenvalue weighted by Crippen LogP contribution is 2.30. The van der Waals surface area contributed by atoms with Crippen LogP contribution in [-0.4, -0.2) is 69.4 Å². The molecular formula is C24H31FN4O4S. The van der Waals surface area contributed by atoms with Gasteiger partial charge >= 0.3 is 0 Å². The summed E-state index contributed by atoms with van der Waals surface area (Å²) in [6, 6.07) is 4.18. The summed E-state index contributed by atoms with van der Waals surface area (Å²) in [7, 11) is 0. The molecule has 1 amide bonds. The number of aliphatic hydroxyl groups is 1. The molecule has 1 aromatic carbocycles. The van der Waals surface area contributed by atoms with E-state index < -0.39 is 11.9 Å². The number of carbonyl (C=O) groups is 2. The van der Waals surface area contributed by atoms with E-state index in [2.05, 4.69) is 28.1 Å². The van der Waals surface area contributed by atoms with E-state index in [1.165, 1.54) is 23.7 Å². The topological polar surface area (TPSA) is 95.9 Å². The van der Waals surface area contributed by atoms with Gasteiger partial charge in [0, 0.05) is 68.1 Å². The first-order valence-corrected chi connectivity index (χ1v) is 12.6. The van der Waals surface area contributed by atoms with E-state index in [-0.39, 0.29) is 42.1 Å². The van der Waals surface area contributed by atoms with Crippen molar-refractivity contribution in [1.29, 1.82) is 0 Å². The lowest BCUT2D eigenvalue weighted by atomic mass is 10.0. The smallest absolute Gasteiger partial charge is 0.263 e. The van der Waals surface area contributed by atoms with Crippen LogP contribution in [0, 0.1) is 5.82 Å². The van der Waals surface area contributed by atoms with E-state index >= 15 is 0 Å². The van der Waals surface area contributed by atoms with Crippen LogP contribution in [-0.2, 0) is 4.79 Å². The molecule has 34 heavy (non-hydrogen) atoms. The number of aromatic nitrogens is 2. The average molecular weight is 491 g/mol. The maximum absolute atomic E-state index is 14.6. The fraction of sp³-hybridized carbons (Fsp3) is 0.583. The number of hydrogen-bond donors (Lipinski definition) is 1. The Morgan fingerprint density at radius 2 is 2.03 bits per heavy atom. The Morgan fingerprint density at radius 3 is 2.68 bits per heavy atom. The summed E-state index contributed by atoms with van der Waals surface area (Å²) in [5, 5.41) is 9.79. The Morgan fingerprint density at radius 1 is 1.26 bits per heavy atom. The zero-order chi connectivity index (χ0) is 24.2. The zero-order valence-corrected chi connectivity index (χ0v) is 20.4. The number of anilines is 1. The number of likely N-dealkylation sites (tertiary alicyclic amines) is 1. The van der Waals surface area contributed by atoms with Gasteiger partial charge in [-0.05, 0) is 37.5 Å². The number of ketones is 1. The summed E-state index contributed by atoms with van der Waals surface area (Å²) >= 11 is 1.42. The molecule has 0 saturated carbocycles. The summed E-state index contributed by atoms with van der Waals surface area (Å²) in [6.45, 7) is 6.28. The Balaban J connectivity index is 1.31. The molecule has 1 aromatic heterocycles.